The molecule has 0 aliphatic carbocycles. The molecule has 2 unspecified atom stereocenters. The van der Waals surface area contributed by atoms with Crippen LogP contribution in [0.4, 0.5) is 9.18 Å². The first-order valence-corrected chi connectivity index (χ1v) is 12.7. The maximum atomic E-state index is 14.3. The van der Waals surface area contributed by atoms with Crippen LogP contribution in [0.3, 0.4) is 0 Å². The van der Waals surface area contributed by atoms with E-state index in [4.69, 9.17) is 11.6 Å². The number of rotatable bonds is 7. The van der Waals surface area contributed by atoms with Gasteiger partial charge in [-0.15, -0.1) is 0 Å². The summed E-state index contributed by atoms with van der Waals surface area (Å²) in [5.74, 6) is -0.735. The molecule has 36 heavy (non-hydrogen) atoms. The Labute approximate surface area is 214 Å². The van der Waals surface area contributed by atoms with Crippen LogP contribution in [-0.2, 0) is 11.2 Å². The Morgan fingerprint density at radius 3 is 2.67 bits per heavy atom. The number of carbonyl (C=O) groups is 2. The van der Waals surface area contributed by atoms with Crippen LogP contribution < -0.4 is 0 Å². The van der Waals surface area contributed by atoms with Crippen molar-refractivity contribution >= 4 is 34.4 Å². The summed E-state index contributed by atoms with van der Waals surface area (Å²) < 4.78 is 14.3. The summed E-state index contributed by atoms with van der Waals surface area (Å²) in [6.45, 7) is 8.92. The monoisotopic (exact) mass is 512 g/mol. The van der Waals surface area contributed by atoms with Gasteiger partial charge in [0, 0.05) is 29.6 Å². The molecule has 3 aromatic rings. The molecule has 3 heterocycles. The highest BCUT2D eigenvalue weighted by Gasteiger charge is 2.60. The number of aromatic hydroxyl groups is 1. The topological polar surface area (TPSA) is 79.9 Å². The number of carbonyl (C=O) groups excluding carboxylic acids is 2. The van der Waals surface area contributed by atoms with E-state index in [1.54, 1.807) is 36.1 Å². The Hall–Kier alpha value is -3.10. The number of urea groups is 1. The molecule has 2 N–H and O–H groups in total. The number of H-pyrrole nitrogens is 1. The summed E-state index contributed by atoms with van der Waals surface area (Å²) in [5.41, 5.74) is 1.59. The van der Waals surface area contributed by atoms with Crippen LogP contribution in [0, 0.1) is 5.82 Å². The molecule has 0 saturated carbocycles. The molecule has 9 heteroatoms. The van der Waals surface area contributed by atoms with Gasteiger partial charge in [-0.2, -0.15) is 0 Å². The molecule has 0 bridgehead atoms. The van der Waals surface area contributed by atoms with Crippen molar-refractivity contribution in [2.75, 3.05) is 26.2 Å². The van der Waals surface area contributed by atoms with Crippen LogP contribution >= 0.6 is 11.6 Å². The van der Waals surface area contributed by atoms with Crippen LogP contribution in [0.15, 0.2) is 36.4 Å². The molecule has 1 fully saturated rings. The van der Waals surface area contributed by atoms with Gasteiger partial charge < -0.3 is 15.0 Å². The number of amides is 3. The van der Waals surface area contributed by atoms with Gasteiger partial charge >= 0.3 is 6.03 Å². The zero-order valence-corrected chi connectivity index (χ0v) is 21.4. The highest BCUT2D eigenvalue weighted by molar-refractivity contribution is 6.31. The number of phenols is 1. The molecule has 1 aromatic heterocycles. The summed E-state index contributed by atoms with van der Waals surface area (Å²) in [6.07, 6.45) is 0.958. The first-order valence-electron chi connectivity index (χ1n) is 12.4. The van der Waals surface area contributed by atoms with Crippen molar-refractivity contribution in [2.45, 2.75) is 45.2 Å². The second kappa shape index (κ2) is 9.09. The van der Waals surface area contributed by atoms with E-state index in [0.717, 1.165) is 30.6 Å². The normalized spacial score (nSPS) is 21.6. The van der Waals surface area contributed by atoms with Crippen molar-refractivity contribution in [3.8, 4) is 5.75 Å². The number of imide groups is 1. The Morgan fingerprint density at radius 1 is 1.22 bits per heavy atom. The number of hydrogen-bond acceptors (Lipinski definition) is 4. The SMILES string of the molecule is CCN(CC)CCCN1C(=O)N2C(c3cccc(O)c3)c3[nH]c4cc(F)c(Cl)cc4c3CC2(C)C1=O. The largest absolute Gasteiger partial charge is 0.508 e. The van der Waals surface area contributed by atoms with Crippen LogP contribution in [0.2, 0.25) is 5.02 Å². The fourth-order valence-electron chi connectivity index (χ4n) is 5.74. The first-order chi connectivity index (χ1) is 17.2. The standard InChI is InChI=1S/C27H30ClFN4O3/c1-4-31(5-2)10-7-11-32-25(35)27(3)15-19-18-13-20(28)21(29)14-22(18)30-23(19)24(33(27)26(32)36)16-8-6-9-17(34)12-16/h6,8-9,12-14,24,30,34H,4-5,7,10-11,15H2,1-3H3. The molecule has 2 aliphatic rings. The molecular formula is C27H30ClFN4O3. The third-order valence-electron chi connectivity index (χ3n) is 7.64. The Morgan fingerprint density at radius 2 is 1.97 bits per heavy atom. The van der Waals surface area contributed by atoms with Gasteiger partial charge in [0.05, 0.1) is 5.02 Å². The van der Waals surface area contributed by atoms with Crippen molar-refractivity contribution < 1.29 is 19.1 Å². The number of hydrogen-bond donors (Lipinski definition) is 2. The van der Waals surface area contributed by atoms with E-state index in [2.05, 4.69) is 23.7 Å². The van der Waals surface area contributed by atoms with E-state index < -0.39 is 17.4 Å². The number of nitrogens with zero attached hydrogens (tertiary/aromatic N) is 3. The number of halogens is 2. The maximum Gasteiger partial charge on any atom is 0.328 e. The lowest BCUT2D eigenvalue weighted by atomic mass is 9.81. The number of phenolic OH excluding ortho intramolecular Hbond substituents is 1. The predicted molar refractivity (Wildman–Crippen MR) is 137 cm³/mol. The quantitative estimate of drug-likeness (QED) is 0.433. The van der Waals surface area contributed by atoms with Crippen LogP contribution in [0.5, 0.6) is 5.75 Å². The van der Waals surface area contributed by atoms with Crippen molar-refractivity contribution in [2.24, 2.45) is 0 Å². The highest BCUT2D eigenvalue weighted by atomic mass is 35.5. The lowest BCUT2D eigenvalue weighted by molar-refractivity contribution is -0.133. The summed E-state index contributed by atoms with van der Waals surface area (Å²) in [6, 6.07) is 8.58. The number of aromatic amines is 1. The van der Waals surface area contributed by atoms with Gasteiger partial charge in [-0.25, -0.2) is 9.18 Å². The van der Waals surface area contributed by atoms with E-state index in [9.17, 15) is 19.1 Å². The van der Waals surface area contributed by atoms with Gasteiger partial charge in [-0.1, -0.05) is 37.6 Å². The second-order valence-electron chi connectivity index (χ2n) is 9.77. The molecule has 2 aliphatic heterocycles. The number of aromatic nitrogens is 1. The zero-order valence-electron chi connectivity index (χ0n) is 20.6. The van der Waals surface area contributed by atoms with Crippen LogP contribution in [0.25, 0.3) is 10.9 Å². The van der Waals surface area contributed by atoms with E-state index in [1.165, 1.54) is 11.0 Å². The molecular weight excluding hydrogens is 483 g/mol. The van der Waals surface area contributed by atoms with Gasteiger partial charge in [0.2, 0.25) is 0 Å². The lowest BCUT2D eigenvalue weighted by Gasteiger charge is -2.42. The summed E-state index contributed by atoms with van der Waals surface area (Å²) in [4.78, 5) is 36.2. The lowest BCUT2D eigenvalue weighted by Crippen LogP contribution is -2.53. The minimum absolute atomic E-state index is 0.00218. The Kier molecular flexibility index (Phi) is 6.21. The van der Waals surface area contributed by atoms with E-state index in [-0.39, 0.29) is 29.1 Å². The fraction of sp³-hybridized carbons (Fsp3) is 0.407. The number of nitrogens with one attached hydrogen (secondary N) is 1. The van der Waals surface area contributed by atoms with Crippen molar-refractivity contribution in [3.63, 3.8) is 0 Å². The Bertz CT molecular complexity index is 1350. The molecule has 5 rings (SSSR count). The average molecular weight is 513 g/mol. The molecule has 7 nitrogen and oxygen atoms in total. The number of benzene rings is 2. The third-order valence-corrected chi connectivity index (χ3v) is 7.93. The minimum Gasteiger partial charge on any atom is -0.508 e. The van der Waals surface area contributed by atoms with Crippen molar-refractivity contribution in [3.05, 3.63) is 64.1 Å². The fourth-order valence-corrected chi connectivity index (χ4v) is 5.90. The van der Waals surface area contributed by atoms with Gasteiger partial charge in [-0.3, -0.25) is 14.6 Å². The van der Waals surface area contributed by atoms with Gasteiger partial charge in [-0.05, 0) is 68.4 Å². The molecule has 1 saturated heterocycles. The minimum atomic E-state index is -1.13. The number of fused-ring (bicyclic) bond motifs is 4. The van der Waals surface area contributed by atoms with Crippen molar-refractivity contribution in [1.82, 2.24) is 19.7 Å². The summed E-state index contributed by atoms with van der Waals surface area (Å²) in [5, 5.41) is 11.0. The third kappa shape index (κ3) is 3.74. The van der Waals surface area contributed by atoms with Gasteiger partial charge in [0.25, 0.3) is 5.91 Å². The van der Waals surface area contributed by atoms with Gasteiger partial charge in [0.1, 0.15) is 23.1 Å². The highest BCUT2D eigenvalue weighted by Crippen LogP contribution is 2.49. The first kappa shape index (κ1) is 24.6. The zero-order chi connectivity index (χ0) is 25.8. The summed E-state index contributed by atoms with van der Waals surface area (Å²) >= 11 is 6.12. The molecule has 190 valence electrons. The molecule has 2 aromatic carbocycles. The Balaban J connectivity index is 1.61. The van der Waals surface area contributed by atoms with Gasteiger partial charge in [0.15, 0.2) is 0 Å². The molecule has 0 radical (unpaired) electrons. The van der Waals surface area contributed by atoms with Crippen LogP contribution in [0.1, 0.15) is 50.1 Å². The smallest absolute Gasteiger partial charge is 0.328 e. The van der Waals surface area contributed by atoms with Crippen molar-refractivity contribution in [1.29, 1.82) is 0 Å². The summed E-state index contributed by atoms with van der Waals surface area (Å²) in [7, 11) is 0. The van der Waals surface area contributed by atoms with E-state index in [1.807, 2.05) is 6.07 Å². The average Bonchev–Trinajstić information content (AvgIpc) is 3.27. The van der Waals surface area contributed by atoms with E-state index >= 15 is 0 Å². The molecule has 3 amide bonds. The maximum absolute atomic E-state index is 14.3. The van der Waals surface area contributed by atoms with Crippen LogP contribution in [-0.4, -0.2) is 68.4 Å². The van der Waals surface area contributed by atoms with E-state index in [0.29, 0.717) is 29.7 Å². The second-order valence-corrected chi connectivity index (χ2v) is 10.2. The molecule has 2 atom stereocenters. The molecule has 0 spiro atoms. The predicted octanol–water partition coefficient (Wildman–Crippen LogP) is 5.07.